The number of rotatable bonds is 4. The van der Waals surface area contributed by atoms with Gasteiger partial charge in [-0.25, -0.2) is 4.98 Å². The number of hydrogen-bond acceptors (Lipinski definition) is 5. The van der Waals surface area contributed by atoms with E-state index in [0.29, 0.717) is 11.4 Å². The molecule has 1 atom stereocenters. The Kier molecular flexibility index (Phi) is 4.62. The number of piperidine rings is 1. The Labute approximate surface area is 151 Å². The van der Waals surface area contributed by atoms with Crippen LogP contribution in [-0.4, -0.2) is 45.2 Å². The van der Waals surface area contributed by atoms with Crippen molar-refractivity contribution < 1.29 is 4.79 Å². The molecule has 4 rings (SSSR count). The first-order chi connectivity index (χ1) is 12.7. The first kappa shape index (κ1) is 16.7. The second kappa shape index (κ2) is 7.21. The number of carbonyl (C=O) groups excluding carboxylic acids is 1. The number of amides is 1. The first-order valence-electron chi connectivity index (χ1n) is 9.06. The molecule has 7 heteroatoms. The van der Waals surface area contributed by atoms with Crippen LogP contribution in [0.25, 0.3) is 22.3 Å². The predicted octanol–water partition coefficient (Wildman–Crippen LogP) is 2.06. The maximum Gasteiger partial charge on any atom is 0.272 e. The average Bonchev–Trinajstić information content (AvgIpc) is 3.11. The number of H-pyrrole nitrogens is 1. The van der Waals surface area contributed by atoms with E-state index in [2.05, 4.69) is 43.8 Å². The highest BCUT2D eigenvalue weighted by Gasteiger charge is 2.17. The molecule has 3 N–H and O–H groups in total. The monoisotopic (exact) mass is 350 g/mol. The zero-order valence-corrected chi connectivity index (χ0v) is 14.7. The van der Waals surface area contributed by atoms with Gasteiger partial charge in [-0.1, -0.05) is 6.92 Å². The van der Waals surface area contributed by atoms with Crippen molar-refractivity contribution in [3.05, 3.63) is 41.9 Å². The number of nitrogens with one attached hydrogen (secondary N) is 3. The molecular formula is C19H22N6O. The van der Waals surface area contributed by atoms with Gasteiger partial charge in [0.05, 0.1) is 5.69 Å². The Bertz CT molecular complexity index is 911. The molecule has 1 unspecified atom stereocenters. The van der Waals surface area contributed by atoms with Crippen molar-refractivity contribution >= 4 is 16.9 Å². The minimum absolute atomic E-state index is 0.158. The third-order valence-corrected chi connectivity index (χ3v) is 4.82. The summed E-state index contributed by atoms with van der Waals surface area (Å²) in [6.07, 6.45) is 6.76. The third kappa shape index (κ3) is 3.30. The largest absolute Gasteiger partial charge is 0.347 e. The van der Waals surface area contributed by atoms with Crippen LogP contribution < -0.4 is 10.6 Å². The van der Waals surface area contributed by atoms with Gasteiger partial charge in [0, 0.05) is 35.9 Å². The van der Waals surface area contributed by atoms with E-state index in [1.807, 2.05) is 12.3 Å². The number of aromatic nitrogens is 4. The maximum absolute atomic E-state index is 12.3. The quantitative estimate of drug-likeness (QED) is 0.669. The lowest BCUT2D eigenvalue weighted by Crippen LogP contribution is -2.45. The second-order valence-corrected chi connectivity index (χ2v) is 6.61. The summed E-state index contributed by atoms with van der Waals surface area (Å²) in [5.41, 5.74) is 4.03. The first-order valence-corrected chi connectivity index (χ1v) is 9.06. The van der Waals surface area contributed by atoms with E-state index in [0.717, 1.165) is 48.9 Å². The third-order valence-electron chi connectivity index (χ3n) is 4.82. The van der Waals surface area contributed by atoms with Gasteiger partial charge in [0.2, 0.25) is 0 Å². The number of fused-ring (bicyclic) bond motifs is 1. The molecule has 0 aromatic carbocycles. The van der Waals surface area contributed by atoms with Crippen LogP contribution in [0.5, 0.6) is 0 Å². The fourth-order valence-electron chi connectivity index (χ4n) is 3.33. The van der Waals surface area contributed by atoms with E-state index < -0.39 is 0 Å². The Balaban J connectivity index is 1.52. The minimum Gasteiger partial charge on any atom is -0.347 e. The Morgan fingerprint density at radius 2 is 2.27 bits per heavy atom. The Morgan fingerprint density at radius 3 is 3.00 bits per heavy atom. The van der Waals surface area contributed by atoms with Crippen molar-refractivity contribution in [3.63, 3.8) is 0 Å². The number of pyridine rings is 1. The SMILES string of the molecule is CCc1c[nH]c2ncc(-c3ccc(C(=O)NC4CCCNC4)nn3)cc12. The molecule has 7 nitrogen and oxygen atoms in total. The highest BCUT2D eigenvalue weighted by atomic mass is 16.2. The second-order valence-electron chi connectivity index (χ2n) is 6.61. The highest BCUT2D eigenvalue weighted by Crippen LogP contribution is 2.23. The Hall–Kier alpha value is -2.80. The average molecular weight is 350 g/mol. The lowest BCUT2D eigenvalue weighted by Gasteiger charge is -2.23. The van der Waals surface area contributed by atoms with Crippen molar-refractivity contribution in [1.82, 2.24) is 30.8 Å². The van der Waals surface area contributed by atoms with Crippen LogP contribution in [0.15, 0.2) is 30.6 Å². The standard InChI is InChI=1S/C19H22N6O/c1-2-12-9-21-18-15(12)8-13(10-22-18)16-5-6-17(25-24-16)19(26)23-14-4-3-7-20-11-14/h5-6,8-10,14,20H,2-4,7,11H2,1H3,(H,21,22)(H,23,26). The molecule has 0 aliphatic carbocycles. The zero-order valence-electron chi connectivity index (χ0n) is 14.7. The Morgan fingerprint density at radius 1 is 1.35 bits per heavy atom. The fraction of sp³-hybridized carbons (Fsp3) is 0.368. The summed E-state index contributed by atoms with van der Waals surface area (Å²) in [5.74, 6) is -0.176. The fourth-order valence-corrected chi connectivity index (χ4v) is 3.33. The van der Waals surface area contributed by atoms with Crippen LogP contribution in [-0.2, 0) is 6.42 Å². The topological polar surface area (TPSA) is 95.6 Å². The lowest BCUT2D eigenvalue weighted by molar-refractivity contribution is 0.0924. The predicted molar refractivity (Wildman–Crippen MR) is 99.9 cm³/mol. The van der Waals surface area contributed by atoms with Crippen LogP contribution in [0.4, 0.5) is 0 Å². The van der Waals surface area contributed by atoms with Crippen molar-refractivity contribution in [2.24, 2.45) is 0 Å². The normalized spacial score (nSPS) is 17.3. The molecule has 1 amide bonds. The summed E-state index contributed by atoms with van der Waals surface area (Å²) < 4.78 is 0. The molecule has 0 radical (unpaired) electrons. The molecule has 0 saturated carbocycles. The van der Waals surface area contributed by atoms with Gasteiger partial charge >= 0.3 is 0 Å². The number of hydrogen-bond donors (Lipinski definition) is 3. The molecule has 0 bridgehead atoms. The molecule has 0 spiro atoms. The van der Waals surface area contributed by atoms with Gasteiger partial charge in [-0.3, -0.25) is 4.79 Å². The summed E-state index contributed by atoms with van der Waals surface area (Å²) in [6, 6.07) is 5.76. The van der Waals surface area contributed by atoms with Crippen LogP contribution >= 0.6 is 0 Å². The van der Waals surface area contributed by atoms with Gasteiger partial charge in [0.1, 0.15) is 5.65 Å². The molecule has 1 aliphatic rings. The summed E-state index contributed by atoms with van der Waals surface area (Å²) in [5, 5.41) is 15.7. The van der Waals surface area contributed by atoms with E-state index >= 15 is 0 Å². The smallest absolute Gasteiger partial charge is 0.272 e. The van der Waals surface area contributed by atoms with Gasteiger partial charge in [0.15, 0.2) is 5.69 Å². The van der Waals surface area contributed by atoms with Crippen molar-refractivity contribution in [2.75, 3.05) is 13.1 Å². The van der Waals surface area contributed by atoms with E-state index in [-0.39, 0.29) is 11.9 Å². The zero-order chi connectivity index (χ0) is 17.9. The molecule has 1 aliphatic heterocycles. The molecule has 3 aromatic heterocycles. The van der Waals surface area contributed by atoms with Crippen LogP contribution in [0.2, 0.25) is 0 Å². The molecule has 134 valence electrons. The van der Waals surface area contributed by atoms with Crippen molar-refractivity contribution in [3.8, 4) is 11.3 Å². The van der Waals surface area contributed by atoms with Gasteiger partial charge in [-0.15, -0.1) is 10.2 Å². The summed E-state index contributed by atoms with van der Waals surface area (Å²) in [7, 11) is 0. The minimum atomic E-state index is -0.176. The highest BCUT2D eigenvalue weighted by molar-refractivity contribution is 5.92. The lowest BCUT2D eigenvalue weighted by atomic mass is 10.1. The van der Waals surface area contributed by atoms with Crippen LogP contribution in [0.3, 0.4) is 0 Å². The molecule has 26 heavy (non-hydrogen) atoms. The van der Waals surface area contributed by atoms with Gasteiger partial charge in [-0.05, 0) is 49.6 Å². The van der Waals surface area contributed by atoms with E-state index in [4.69, 9.17) is 0 Å². The molecule has 1 fully saturated rings. The van der Waals surface area contributed by atoms with E-state index in [1.54, 1.807) is 12.3 Å². The number of aromatic amines is 1. The summed E-state index contributed by atoms with van der Waals surface area (Å²) >= 11 is 0. The van der Waals surface area contributed by atoms with Crippen LogP contribution in [0.1, 0.15) is 35.8 Å². The van der Waals surface area contributed by atoms with Gasteiger partial charge < -0.3 is 15.6 Å². The van der Waals surface area contributed by atoms with E-state index in [9.17, 15) is 4.79 Å². The number of nitrogens with zero attached hydrogens (tertiary/aromatic N) is 3. The molecule has 3 aromatic rings. The number of aryl methyl sites for hydroxylation is 1. The molecular weight excluding hydrogens is 328 g/mol. The van der Waals surface area contributed by atoms with Crippen molar-refractivity contribution in [1.29, 1.82) is 0 Å². The van der Waals surface area contributed by atoms with E-state index in [1.165, 1.54) is 5.56 Å². The molecule has 4 heterocycles. The van der Waals surface area contributed by atoms with Crippen molar-refractivity contribution in [2.45, 2.75) is 32.2 Å². The number of carbonyl (C=O) groups is 1. The van der Waals surface area contributed by atoms with Crippen LogP contribution in [0, 0.1) is 0 Å². The summed E-state index contributed by atoms with van der Waals surface area (Å²) in [6.45, 7) is 3.93. The van der Waals surface area contributed by atoms with Gasteiger partial charge in [0.25, 0.3) is 5.91 Å². The maximum atomic E-state index is 12.3. The summed E-state index contributed by atoms with van der Waals surface area (Å²) in [4.78, 5) is 20.0. The molecule has 1 saturated heterocycles. The van der Waals surface area contributed by atoms with Gasteiger partial charge in [-0.2, -0.15) is 0 Å².